The van der Waals surface area contributed by atoms with Gasteiger partial charge in [-0.25, -0.2) is 14.3 Å². The minimum Gasteiger partial charge on any atom is -0.301 e. The van der Waals surface area contributed by atoms with Gasteiger partial charge in [-0.3, -0.25) is 0 Å². The molecule has 0 aliphatic carbocycles. The molecule has 5 heteroatoms. The van der Waals surface area contributed by atoms with Crippen molar-refractivity contribution in [2.75, 3.05) is 11.5 Å². The molecule has 0 aromatic carbocycles. The Hall–Kier alpha value is -0.130. The maximum Gasteiger partial charge on any atom is 0.150 e. The summed E-state index contributed by atoms with van der Waals surface area (Å²) in [6, 6.07) is 0. The van der Waals surface area contributed by atoms with E-state index in [4.69, 9.17) is 5.90 Å². The zero-order valence-corrected chi connectivity index (χ0v) is 8.01. The zero-order valence-electron chi connectivity index (χ0n) is 7.19. The van der Waals surface area contributed by atoms with Crippen molar-refractivity contribution >= 4 is 9.84 Å². The Morgan fingerprint density at radius 1 is 1.42 bits per heavy atom. The zero-order chi connectivity index (χ0) is 9.19. The molecule has 4 nitrogen and oxygen atoms in total. The first-order valence-electron chi connectivity index (χ1n) is 4.11. The van der Waals surface area contributed by atoms with E-state index in [1.165, 1.54) is 0 Å². The molecule has 1 aliphatic rings. The van der Waals surface area contributed by atoms with Crippen LogP contribution < -0.4 is 5.90 Å². The molecule has 0 radical (unpaired) electrons. The summed E-state index contributed by atoms with van der Waals surface area (Å²) < 4.78 is 22.1. The van der Waals surface area contributed by atoms with Crippen molar-refractivity contribution in [3.63, 3.8) is 0 Å². The molecule has 0 bridgehead atoms. The van der Waals surface area contributed by atoms with Gasteiger partial charge in [0.2, 0.25) is 0 Å². The third kappa shape index (κ3) is 2.43. The first kappa shape index (κ1) is 9.95. The average molecular weight is 193 g/mol. The van der Waals surface area contributed by atoms with Crippen molar-refractivity contribution in [3.05, 3.63) is 0 Å². The number of hydrogen-bond acceptors (Lipinski definition) is 4. The van der Waals surface area contributed by atoms with Crippen LogP contribution in [-0.2, 0) is 14.7 Å². The molecule has 1 saturated heterocycles. The van der Waals surface area contributed by atoms with E-state index < -0.39 is 9.84 Å². The van der Waals surface area contributed by atoms with Crippen LogP contribution in [0.2, 0.25) is 0 Å². The van der Waals surface area contributed by atoms with Crippen molar-refractivity contribution in [3.8, 4) is 0 Å². The molecule has 1 rings (SSSR count). The van der Waals surface area contributed by atoms with Crippen molar-refractivity contribution in [1.29, 1.82) is 0 Å². The van der Waals surface area contributed by atoms with Gasteiger partial charge in [0.25, 0.3) is 0 Å². The summed E-state index contributed by atoms with van der Waals surface area (Å²) in [4.78, 5) is 4.66. The van der Waals surface area contributed by atoms with Crippen molar-refractivity contribution < 1.29 is 13.3 Å². The molecule has 1 heterocycles. The van der Waals surface area contributed by atoms with Gasteiger partial charge >= 0.3 is 0 Å². The third-order valence-corrected chi connectivity index (χ3v) is 4.19. The van der Waals surface area contributed by atoms with Gasteiger partial charge in [0, 0.05) is 0 Å². The number of sulfone groups is 1. The highest BCUT2D eigenvalue weighted by molar-refractivity contribution is 7.91. The summed E-state index contributed by atoms with van der Waals surface area (Å²) in [5.41, 5.74) is 0. The highest BCUT2D eigenvalue weighted by Crippen LogP contribution is 2.22. The first-order chi connectivity index (χ1) is 5.55. The molecule has 0 amide bonds. The summed E-state index contributed by atoms with van der Waals surface area (Å²) in [6.45, 7) is 1.88. The van der Waals surface area contributed by atoms with Crippen molar-refractivity contribution in [1.82, 2.24) is 0 Å². The van der Waals surface area contributed by atoms with E-state index in [1.807, 2.05) is 6.92 Å². The second-order valence-electron chi connectivity index (χ2n) is 3.33. The average Bonchev–Trinajstić information content (AvgIpc) is 2.03. The van der Waals surface area contributed by atoms with Crippen LogP contribution in [0.1, 0.15) is 19.8 Å². The van der Waals surface area contributed by atoms with Crippen LogP contribution in [0.25, 0.3) is 0 Å². The third-order valence-electron chi connectivity index (χ3n) is 2.48. The van der Waals surface area contributed by atoms with Gasteiger partial charge < -0.3 is 4.84 Å². The van der Waals surface area contributed by atoms with Crippen molar-refractivity contribution in [2.45, 2.75) is 25.9 Å². The summed E-state index contributed by atoms with van der Waals surface area (Å²) in [5.74, 6) is 5.89. The van der Waals surface area contributed by atoms with E-state index in [0.717, 1.165) is 0 Å². The maximum absolute atomic E-state index is 11.0. The van der Waals surface area contributed by atoms with Crippen LogP contribution >= 0.6 is 0 Å². The predicted molar refractivity (Wildman–Crippen MR) is 46.1 cm³/mol. The normalized spacial score (nSPS) is 26.8. The fourth-order valence-corrected chi connectivity index (χ4v) is 3.02. The van der Waals surface area contributed by atoms with Crippen LogP contribution in [0.3, 0.4) is 0 Å². The van der Waals surface area contributed by atoms with Crippen LogP contribution in [0.15, 0.2) is 0 Å². The summed E-state index contributed by atoms with van der Waals surface area (Å²) >= 11 is 0. The Morgan fingerprint density at radius 2 is 1.92 bits per heavy atom. The molecular weight excluding hydrogens is 178 g/mol. The van der Waals surface area contributed by atoms with E-state index in [1.54, 1.807) is 0 Å². The van der Waals surface area contributed by atoms with Gasteiger partial charge in [-0.15, -0.1) is 0 Å². The van der Waals surface area contributed by atoms with E-state index in [0.29, 0.717) is 18.8 Å². The second-order valence-corrected chi connectivity index (χ2v) is 5.63. The topological polar surface area (TPSA) is 69.4 Å². The Labute approximate surface area is 73.0 Å². The Kier molecular flexibility index (Phi) is 3.09. The van der Waals surface area contributed by atoms with Gasteiger partial charge in [-0.1, -0.05) is 0 Å². The van der Waals surface area contributed by atoms with E-state index in [9.17, 15) is 8.42 Å². The molecule has 0 aromatic heterocycles. The van der Waals surface area contributed by atoms with Gasteiger partial charge in [-0.2, -0.15) is 0 Å². The molecule has 1 unspecified atom stereocenters. The lowest BCUT2D eigenvalue weighted by Crippen LogP contribution is -2.32. The first-order valence-corrected chi connectivity index (χ1v) is 5.93. The molecule has 1 aliphatic heterocycles. The SMILES string of the molecule is CC(ON)C1CCS(=O)(=O)CC1. The lowest BCUT2D eigenvalue weighted by molar-refractivity contribution is 0.0210. The van der Waals surface area contributed by atoms with Gasteiger partial charge in [0.1, 0.15) is 9.84 Å². The number of hydrogen-bond donors (Lipinski definition) is 1. The van der Waals surface area contributed by atoms with Gasteiger partial charge in [0.15, 0.2) is 0 Å². The molecule has 0 aromatic rings. The van der Waals surface area contributed by atoms with Crippen LogP contribution in [0.4, 0.5) is 0 Å². The van der Waals surface area contributed by atoms with Crippen LogP contribution in [0, 0.1) is 5.92 Å². The smallest absolute Gasteiger partial charge is 0.150 e. The lowest BCUT2D eigenvalue weighted by Gasteiger charge is -2.25. The van der Waals surface area contributed by atoms with Crippen molar-refractivity contribution in [2.24, 2.45) is 11.8 Å². The highest BCUT2D eigenvalue weighted by Gasteiger charge is 2.27. The van der Waals surface area contributed by atoms with Gasteiger partial charge in [-0.05, 0) is 25.7 Å². The van der Waals surface area contributed by atoms with Crippen LogP contribution in [-0.4, -0.2) is 26.0 Å². The fraction of sp³-hybridized carbons (Fsp3) is 1.00. The number of rotatable bonds is 2. The van der Waals surface area contributed by atoms with Crippen LogP contribution in [0.5, 0.6) is 0 Å². The monoisotopic (exact) mass is 193 g/mol. The predicted octanol–water partition coefficient (Wildman–Crippen LogP) is 0.0900. The quantitative estimate of drug-likeness (QED) is 0.631. The molecule has 12 heavy (non-hydrogen) atoms. The highest BCUT2D eigenvalue weighted by atomic mass is 32.2. The Morgan fingerprint density at radius 3 is 2.33 bits per heavy atom. The standard InChI is InChI=1S/C7H15NO3S/c1-6(11-8)7-2-4-12(9,10)5-3-7/h6-7H,2-5,8H2,1H3. The Bertz CT molecular complexity index is 223. The lowest BCUT2D eigenvalue weighted by atomic mass is 9.97. The fourth-order valence-electron chi connectivity index (χ4n) is 1.49. The minimum absolute atomic E-state index is 0.0273. The summed E-state index contributed by atoms with van der Waals surface area (Å²) in [5, 5.41) is 0. The van der Waals surface area contributed by atoms with E-state index in [-0.39, 0.29) is 17.6 Å². The molecule has 2 N–H and O–H groups in total. The Balaban J connectivity index is 2.46. The molecule has 0 saturated carbocycles. The van der Waals surface area contributed by atoms with E-state index >= 15 is 0 Å². The molecule has 1 atom stereocenters. The number of nitrogens with two attached hydrogens (primary N) is 1. The van der Waals surface area contributed by atoms with E-state index in [2.05, 4.69) is 4.84 Å². The molecular formula is C7H15NO3S. The van der Waals surface area contributed by atoms with Gasteiger partial charge in [0.05, 0.1) is 17.6 Å². The molecule has 0 spiro atoms. The minimum atomic E-state index is -2.75. The maximum atomic E-state index is 11.0. The second kappa shape index (κ2) is 3.72. The molecule has 72 valence electrons. The summed E-state index contributed by atoms with van der Waals surface area (Å²) in [7, 11) is -2.75. The summed E-state index contributed by atoms with van der Waals surface area (Å²) in [6.07, 6.45) is 1.34. The molecule has 1 fully saturated rings. The largest absolute Gasteiger partial charge is 0.301 e.